The second-order valence-corrected chi connectivity index (χ2v) is 6.73. The van der Waals surface area contributed by atoms with Gasteiger partial charge in [0.1, 0.15) is 17.5 Å². The van der Waals surface area contributed by atoms with Crippen LogP contribution in [0.4, 0.5) is 27.8 Å². The van der Waals surface area contributed by atoms with Gasteiger partial charge in [-0.1, -0.05) is 11.6 Å². The van der Waals surface area contributed by atoms with Gasteiger partial charge in [-0.3, -0.25) is 4.79 Å². The zero-order valence-corrected chi connectivity index (χ0v) is 15.2. The van der Waals surface area contributed by atoms with Gasteiger partial charge in [0.15, 0.2) is 0 Å². The monoisotopic (exact) mass is 419 g/mol. The Morgan fingerprint density at radius 1 is 1.00 bits per heavy atom. The topological polar surface area (TPSA) is 36.4 Å². The first kappa shape index (κ1) is 20.3. The Morgan fingerprint density at radius 3 is 2.29 bits per heavy atom. The summed E-state index contributed by atoms with van der Waals surface area (Å²) in [5, 5.41) is -0.137. The van der Waals surface area contributed by atoms with Gasteiger partial charge >= 0.3 is 6.18 Å². The Balaban J connectivity index is 1.74. The molecular formula is C18H15ClF5N3O. The SMILES string of the molecule is O=C(c1cc(F)cc(F)c1)N1CCCN(c2ncc(C(F)(F)F)cc2Cl)CC1. The number of halogens is 6. The molecule has 2 aromatic rings. The van der Waals surface area contributed by atoms with E-state index in [-0.39, 0.29) is 29.5 Å². The number of carbonyl (C=O) groups is 1. The smallest absolute Gasteiger partial charge is 0.354 e. The van der Waals surface area contributed by atoms with Crippen molar-refractivity contribution in [3.8, 4) is 0 Å². The molecule has 0 aliphatic carbocycles. The van der Waals surface area contributed by atoms with E-state index < -0.39 is 29.3 Å². The molecule has 1 saturated heterocycles. The molecule has 10 heteroatoms. The van der Waals surface area contributed by atoms with Crippen LogP contribution in [0.2, 0.25) is 5.02 Å². The van der Waals surface area contributed by atoms with E-state index >= 15 is 0 Å². The van der Waals surface area contributed by atoms with Crippen LogP contribution in [0.15, 0.2) is 30.5 Å². The summed E-state index contributed by atoms with van der Waals surface area (Å²) in [5.74, 6) is -2.02. The molecule has 1 fully saturated rings. The molecule has 1 aliphatic heterocycles. The molecule has 2 heterocycles. The fourth-order valence-corrected chi connectivity index (χ4v) is 3.30. The second-order valence-electron chi connectivity index (χ2n) is 6.32. The maximum atomic E-state index is 13.4. The molecule has 1 amide bonds. The lowest BCUT2D eigenvalue weighted by Gasteiger charge is -2.24. The van der Waals surface area contributed by atoms with Crippen molar-refractivity contribution in [3.63, 3.8) is 0 Å². The normalized spacial score (nSPS) is 15.5. The van der Waals surface area contributed by atoms with Crippen LogP contribution in [0.5, 0.6) is 0 Å². The second kappa shape index (κ2) is 7.90. The van der Waals surface area contributed by atoms with Crippen molar-refractivity contribution >= 4 is 23.3 Å². The standard InChI is InChI=1S/C18H15ClF5N3O/c19-15-8-12(18(22,23)24)10-25-16(15)26-2-1-3-27(5-4-26)17(28)11-6-13(20)9-14(21)7-11/h6-10H,1-5H2. The van der Waals surface area contributed by atoms with Gasteiger partial charge in [0.2, 0.25) is 0 Å². The van der Waals surface area contributed by atoms with Crippen LogP contribution in [0.25, 0.3) is 0 Å². The van der Waals surface area contributed by atoms with Crippen LogP contribution in [0.3, 0.4) is 0 Å². The highest BCUT2D eigenvalue weighted by Crippen LogP contribution is 2.33. The summed E-state index contributed by atoms with van der Waals surface area (Å²) in [6.45, 7) is 1.21. The number of hydrogen-bond acceptors (Lipinski definition) is 3. The van der Waals surface area contributed by atoms with E-state index in [0.717, 1.165) is 18.2 Å². The summed E-state index contributed by atoms with van der Waals surface area (Å²) in [5.41, 5.74) is -1.04. The highest BCUT2D eigenvalue weighted by atomic mass is 35.5. The van der Waals surface area contributed by atoms with Gasteiger partial charge in [0.25, 0.3) is 5.91 Å². The largest absolute Gasteiger partial charge is 0.417 e. The fourth-order valence-electron chi connectivity index (χ4n) is 3.01. The van der Waals surface area contributed by atoms with Gasteiger partial charge in [0.05, 0.1) is 10.6 Å². The van der Waals surface area contributed by atoms with Crippen molar-refractivity contribution in [2.75, 3.05) is 31.1 Å². The number of alkyl halides is 3. The minimum atomic E-state index is -4.54. The number of benzene rings is 1. The van der Waals surface area contributed by atoms with Crippen LogP contribution in [0, 0.1) is 11.6 Å². The first-order chi connectivity index (χ1) is 13.1. The zero-order valence-electron chi connectivity index (χ0n) is 14.4. The van der Waals surface area contributed by atoms with Crippen molar-refractivity contribution < 1.29 is 26.7 Å². The molecule has 1 aliphatic rings. The van der Waals surface area contributed by atoms with Gasteiger partial charge in [-0.15, -0.1) is 0 Å². The predicted molar refractivity (Wildman–Crippen MR) is 93.3 cm³/mol. The van der Waals surface area contributed by atoms with Gasteiger partial charge in [0, 0.05) is 44.0 Å². The third kappa shape index (κ3) is 4.52. The van der Waals surface area contributed by atoms with Crippen molar-refractivity contribution in [3.05, 3.63) is 58.2 Å². The van der Waals surface area contributed by atoms with Crippen molar-refractivity contribution in [1.29, 1.82) is 0 Å². The van der Waals surface area contributed by atoms with E-state index in [9.17, 15) is 26.7 Å². The molecule has 1 aromatic heterocycles. The molecule has 0 spiro atoms. The van der Waals surface area contributed by atoms with Crippen LogP contribution < -0.4 is 4.90 Å². The number of amides is 1. The first-order valence-electron chi connectivity index (χ1n) is 8.38. The molecule has 0 radical (unpaired) electrons. The van der Waals surface area contributed by atoms with E-state index in [1.165, 1.54) is 4.90 Å². The average Bonchev–Trinajstić information content (AvgIpc) is 2.85. The molecule has 0 bridgehead atoms. The zero-order chi connectivity index (χ0) is 20.5. The molecule has 28 heavy (non-hydrogen) atoms. The van der Waals surface area contributed by atoms with Gasteiger partial charge in [-0.25, -0.2) is 13.8 Å². The number of rotatable bonds is 2. The van der Waals surface area contributed by atoms with Crippen LogP contribution in [0.1, 0.15) is 22.3 Å². The molecule has 0 atom stereocenters. The minimum Gasteiger partial charge on any atom is -0.354 e. The minimum absolute atomic E-state index is 0.100. The number of nitrogens with zero attached hydrogens (tertiary/aromatic N) is 3. The third-order valence-corrected chi connectivity index (χ3v) is 4.62. The van der Waals surface area contributed by atoms with E-state index in [1.54, 1.807) is 4.90 Å². The number of aromatic nitrogens is 1. The highest BCUT2D eigenvalue weighted by Gasteiger charge is 2.32. The van der Waals surface area contributed by atoms with Crippen molar-refractivity contribution in [2.45, 2.75) is 12.6 Å². The summed E-state index contributed by atoms with van der Waals surface area (Å²) in [7, 11) is 0. The highest BCUT2D eigenvalue weighted by molar-refractivity contribution is 6.33. The van der Waals surface area contributed by atoms with Gasteiger partial charge < -0.3 is 9.80 Å². The predicted octanol–water partition coefficient (Wildman–Crippen LogP) is 4.38. The number of hydrogen-bond donors (Lipinski definition) is 0. The molecule has 150 valence electrons. The third-order valence-electron chi connectivity index (χ3n) is 4.34. The maximum absolute atomic E-state index is 13.4. The summed E-state index contributed by atoms with van der Waals surface area (Å²) in [6, 6.07) is 3.41. The summed E-state index contributed by atoms with van der Waals surface area (Å²) in [4.78, 5) is 19.5. The fraction of sp³-hybridized carbons (Fsp3) is 0.333. The van der Waals surface area contributed by atoms with E-state index in [4.69, 9.17) is 11.6 Å². The summed E-state index contributed by atoms with van der Waals surface area (Å²) >= 11 is 5.98. The molecule has 0 unspecified atom stereocenters. The molecule has 1 aromatic carbocycles. The number of anilines is 1. The lowest BCUT2D eigenvalue weighted by atomic mass is 10.2. The lowest BCUT2D eigenvalue weighted by Crippen LogP contribution is -2.35. The first-order valence-corrected chi connectivity index (χ1v) is 8.76. The Morgan fingerprint density at radius 2 is 1.68 bits per heavy atom. The van der Waals surface area contributed by atoms with Crippen molar-refractivity contribution in [1.82, 2.24) is 9.88 Å². The van der Waals surface area contributed by atoms with Gasteiger partial charge in [-0.2, -0.15) is 13.2 Å². The van der Waals surface area contributed by atoms with E-state index in [2.05, 4.69) is 4.98 Å². The van der Waals surface area contributed by atoms with Crippen LogP contribution in [-0.4, -0.2) is 42.0 Å². The summed E-state index contributed by atoms with van der Waals surface area (Å²) < 4.78 is 65.0. The quantitative estimate of drug-likeness (QED) is 0.678. The average molecular weight is 420 g/mol. The molecule has 3 rings (SSSR count). The molecular weight excluding hydrogens is 405 g/mol. The van der Waals surface area contributed by atoms with Crippen LogP contribution >= 0.6 is 11.6 Å². The summed E-state index contributed by atoms with van der Waals surface area (Å²) in [6.07, 6.45) is -3.34. The lowest BCUT2D eigenvalue weighted by molar-refractivity contribution is -0.137. The van der Waals surface area contributed by atoms with E-state index in [1.807, 2.05) is 0 Å². The Bertz CT molecular complexity index is 870. The molecule has 4 nitrogen and oxygen atoms in total. The molecule has 0 saturated carbocycles. The Labute approximate surface area is 162 Å². The number of carbonyl (C=O) groups excluding carboxylic acids is 1. The van der Waals surface area contributed by atoms with Crippen LogP contribution in [-0.2, 0) is 6.18 Å². The number of pyridine rings is 1. The van der Waals surface area contributed by atoms with E-state index in [0.29, 0.717) is 31.8 Å². The van der Waals surface area contributed by atoms with Crippen molar-refractivity contribution in [2.24, 2.45) is 0 Å². The Hall–Kier alpha value is -2.42. The van der Waals surface area contributed by atoms with Gasteiger partial charge in [-0.05, 0) is 24.6 Å². The molecule has 0 N–H and O–H groups in total. The Kier molecular flexibility index (Phi) is 5.74. The maximum Gasteiger partial charge on any atom is 0.417 e.